The zero-order valence-electron chi connectivity index (χ0n) is 11.3. The maximum Gasteiger partial charge on any atom is 0.146 e. The summed E-state index contributed by atoms with van der Waals surface area (Å²) in [6.45, 7) is 0. The number of hydrogen-bond donors (Lipinski definition) is 1. The Morgan fingerprint density at radius 2 is 1.90 bits per heavy atom. The molecule has 4 heteroatoms. The van der Waals surface area contributed by atoms with Crippen molar-refractivity contribution >= 4 is 17.3 Å². The summed E-state index contributed by atoms with van der Waals surface area (Å²) >= 11 is 5.88. The van der Waals surface area contributed by atoms with Gasteiger partial charge in [-0.15, -0.1) is 0 Å². The summed E-state index contributed by atoms with van der Waals surface area (Å²) in [5, 5.41) is 13.1. The number of benzene rings is 2. The molecule has 0 bridgehead atoms. The van der Waals surface area contributed by atoms with Gasteiger partial charge in [0.15, 0.2) is 0 Å². The largest absolute Gasteiger partial charge is 0.380 e. The van der Waals surface area contributed by atoms with Gasteiger partial charge in [0.1, 0.15) is 5.82 Å². The van der Waals surface area contributed by atoms with Crippen molar-refractivity contribution in [2.75, 3.05) is 5.32 Å². The molecule has 0 saturated heterocycles. The summed E-state index contributed by atoms with van der Waals surface area (Å²) in [4.78, 5) is 0. The van der Waals surface area contributed by atoms with Crippen molar-refractivity contribution < 1.29 is 4.39 Å². The van der Waals surface area contributed by atoms with E-state index in [2.05, 4.69) is 11.4 Å². The second-order valence-electron chi connectivity index (χ2n) is 5.43. The lowest BCUT2D eigenvalue weighted by molar-refractivity contribution is 0.289. The van der Waals surface area contributed by atoms with Gasteiger partial charge in [-0.25, -0.2) is 4.39 Å². The molecular weight excluding hydrogens is 287 g/mol. The molecule has 0 aromatic heterocycles. The Kier molecular flexibility index (Phi) is 3.57. The van der Waals surface area contributed by atoms with Crippen molar-refractivity contribution in [1.82, 2.24) is 0 Å². The third-order valence-electron chi connectivity index (χ3n) is 4.02. The van der Waals surface area contributed by atoms with Gasteiger partial charge in [0.05, 0.1) is 17.2 Å². The average Bonchev–Trinajstić information content (AvgIpc) is 2.47. The fourth-order valence-corrected chi connectivity index (χ4v) is 3.03. The molecule has 106 valence electrons. The lowest BCUT2D eigenvalue weighted by Gasteiger charge is -2.43. The smallest absolute Gasteiger partial charge is 0.146 e. The Hall–Kier alpha value is -2.05. The van der Waals surface area contributed by atoms with Gasteiger partial charge >= 0.3 is 0 Å². The van der Waals surface area contributed by atoms with Gasteiger partial charge in [0.2, 0.25) is 0 Å². The van der Waals surface area contributed by atoms with Crippen LogP contribution >= 0.6 is 11.6 Å². The Balaban J connectivity index is 1.73. The van der Waals surface area contributed by atoms with E-state index in [1.807, 2.05) is 30.3 Å². The maximum atomic E-state index is 13.7. The molecule has 0 atom stereocenters. The molecule has 0 amide bonds. The Labute approximate surface area is 128 Å². The second-order valence-corrected chi connectivity index (χ2v) is 5.87. The van der Waals surface area contributed by atoms with E-state index in [1.54, 1.807) is 6.07 Å². The molecule has 1 aliphatic rings. The number of nitrogens with zero attached hydrogens (tertiary/aromatic N) is 1. The minimum Gasteiger partial charge on any atom is -0.380 e. The molecule has 1 saturated carbocycles. The fourth-order valence-electron chi connectivity index (χ4n) is 2.86. The quantitative estimate of drug-likeness (QED) is 0.905. The van der Waals surface area contributed by atoms with Gasteiger partial charge < -0.3 is 5.32 Å². The van der Waals surface area contributed by atoms with Crippen molar-refractivity contribution in [2.24, 2.45) is 0 Å². The van der Waals surface area contributed by atoms with Gasteiger partial charge in [-0.3, -0.25) is 0 Å². The van der Waals surface area contributed by atoms with Crippen LogP contribution in [0, 0.1) is 17.1 Å². The highest BCUT2D eigenvalue weighted by Crippen LogP contribution is 2.44. The first-order valence-electron chi connectivity index (χ1n) is 6.81. The highest BCUT2D eigenvalue weighted by Gasteiger charge is 2.46. The summed E-state index contributed by atoms with van der Waals surface area (Å²) in [5.74, 6) is -0.325. The standard InChI is InChI=1S/C17H14ClFN2/c18-13-6-7-15(19)16(8-13)21-14-9-17(10-14,11-20)12-4-2-1-3-5-12/h1-8,14,21H,9-10H2. The number of rotatable bonds is 3. The van der Waals surface area contributed by atoms with E-state index in [9.17, 15) is 9.65 Å². The van der Waals surface area contributed by atoms with Crippen molar-refractivity contribution in [3.05, 3.63) is 64.9 Å². The van der Waals surface area contributed by atoms with Crippen LogP contribution in [0.25, 0.3) is 0 Å². The monoisotopic (exact) mass is 300 g/mol. The van der Waals surface area contributed by atoms with E-state index in [4.69, 9.17) is 11.6 Å². The lowest BCUT2D eigenvalue weighted by Crippen LogP contribution is -2.47. The van der Waals surface area contributed by atoms with Gasteiger partial charge in [-0.2, -0.15) is 5.26 Å². The van der Waals surface area contributed by atoms with E-state index < -0.39 is 5.41 Å². The molecule has 1 N–H and O–H groups in total. The topological polar surface area (TPSA) is 35.8 Å². The molecule has 21 heavy (non-hydrogen) atoms. The highest BCUT2D eigenvalue weighted by molar-refractivity contribution is 6.30. The second kappa shape index (κ2) is 5.38. The number of anilines is 1. The van der Waals surface area contributed by atoms with Crippen LogP contribution in [-0.2, 0) is 5.41 Å². The molecule has 1 aliphatic carbocycles. The van der Waals surface area contributed by atoms with E-state index in [0.717, 1.165) is 5.56 Å². The first-order valence-corrected chi connectivity index (χ1v) is 7.19. The summed E-state index contributed by atoms with van der Waals surface area (Å²) in [6, 6.07) is 16.7. The summed E-state index contributed by atoms with van der Waals surface area (Å²) in [7, 11) is 0. The maximum absolute atomic E-state index is 13.7. The van der Waals surface area contributed by atoms with Crippen LogP contribution < -0.4 is 5.32 Å². The predicted molar refractivity (Wildman–Crippen MR) is 81.8 cm³/mol. The van der Waals surface area contributed by atoms with E-state index in [-0.39, 0.29) is 11.9 Å². The van der Waals surface area contributed by atoms with Gasteiger partial charge in [-0.1, -0.05) is 41.9 Å². The highest BCUT2D eigenvalue weighted by atomic mass is 35.5. The van der Waals surface area contributed by atoms with Crippen molar-refractivity contribution in [1.29, 1.82) is 5.26 Å². The van der Waals surface area contributed by atoms with Gasteiger partial charge in [0, 0.05) is 11.1 Å². The Bertz CT molecular complexity index is 688. The van der Waals surface area contributed by atoms with Crippen LogP contribution in [-0.4, -0.2) is 6.04 Å². The van der Waals surface area contributed by atoms with Crippen LogP contribution in [0.3, 0.4) is 0 Å². The summed E-state index contributed by atoms with van der Waals surface area (Å²) in [5.41, 5.74) is 0.956. The normalized spacial score (nSPS) is 24.0. The molecule has 2 nitrogen and oxygen atoms in total. The zero-order chi connectivity index (χ0) is 14.9. The first-order chi connectivity index (χ1) is 10.1. The molecular formula is C17H14ClFN2. The van der Waals surface area contributed by atoms with Gasteiger partial charge in [-0.05, 0) is 36.6 Å². The van der Waals surface area contributed by atoms with Gasteiger partial charge in [0.25, 0.3) is 0 Å². The Morgan fingerprint density at radius 3 is 2.57 bits per heavy atom. The summed E-state index contributed by atoms with van der Waals surface area (Å²) in [6.07, 6.45) is 1.33. The predicted octanol–water partition coefficient (Wildman–Crippen LogP) is 4.51. The molecule has 0 radical (unpaired) electrons. The number of hydrogen-bond acceptors (Lipinski definition) is 2. The first kappa shape index (κ1) is 13.9. The van der Waals surface area contributed by atoms with E-state index in [0.29, 0.717) is 23.6 Å². The van der Waals surface area contributed by atoms with E-state index in [1.165, 1.54) is 12.1 Å². The number of halogens is 2. The molecule has 0 heterocycles. The molecule has 3 rings (SSSR count). The average molecular weight is 301 g/mol. The van der Waals surface area contributed by atoms with Crippen LogP contribution in [0.4, 0.5) is 10.1 Å². The van der Waals surface area contributed by atoms with E-state index >= 15 is 0 Å². The molecule has 0 aliphatic heterocycles. The van der Waals surface area contributed by atoms with Crippen LogP contribution in [0.1, 0.15) is 18.4 Å². The number of nitrogens with one attached hydrogen (secondary N) is 1. The van der Waals surface area contributed by atoms with Crippen LogP contribution in [0.2, 0.25) is 5.02 Å². The van der Waals surface area contributed by atoms with Crippen molar-refractivity contribution in [3.8, 4) is 6.07 Å². The molecule has 2 aromatic carbocycles. The minimum atomic E-state index is -0.464. The molecule has 2 aromatic rings. The Morgan fingerprint density at radius 1 is 1.19 bits per heavy atom. The van der Waals surface area contributed by atoms with Crippen LogP contribution in [0.15, 0.2) is 48.5 Å². The fraction of sp³-hybridized carbons (Fsp3) is 0.235. The minimum absolute atomic E-state index is 0.0813. The molecule has 1 fully saturated rings. The summed E-state index contributed by atoms with van der Waals surface area (Å²) < 4.78 is 13.7. The zero-order valence-corrected chi connectivity index (χ0v) is 12.1. The molecule has 0 unspecified atom stereocenters. The molecule has 0 spiro atoms. The third kappa shape index (κ3) is 2.59. The SMILES string of the molecule is N#CC1(c2ccccc2)CC(Nc2cc(Cl)ccc2F)C1. The number of nitriles is 1. The third-order valence-corrected chi connectivity index (χ3v) is 4.25. The van der Waals surface area contributed by atoms with Crippen LogP contribution in [0.5, 0.6) is 0 Å². The van der Waals surface area contributed by atoms with Crippen molar-refractivity contribution in [2.45, 2.75) is 24.3 Å². The van der Waals surface area contributed by atoms with Crippen molar-refractivity contribution in [3.63, 3.8) is 0 Å². The lowest BCUT2D eigenvalue weighted by atomic mass is 9.62.